The van der Waals surface area contributed by atoms with Crippen molar-refractivity contribution in [1.82, 2.24) is 9.97 Å². The summed E-state index contributed by atoms with van der Waals surface area (Å²) < 4.78 is 5.51. The lowest BCUT2D eigenvalue weighted by Gasteiger charge is -2.09. The van der Waals surface area contributed by atoms with Crippen LogP contribution in [0.5, 0.6) is 0 Å². The van der Waals surface area contributed by atoms with E-state index >= 15 is 0 Å². The highest BCUT2D eigenvalue weighted by Gasteiger charge is 2.03. The van der Waals surface area contributed by atoms with Gasteiger partial charge in [0, 0.05) is 23.6 Å². The van der Waals surface area contributed by atoms with Gasteiger partial charge < -0.3 is 10.1 Å². The van der Waals surface area contributed by atoms with Crippen LogP contribution in [-0.2, 0) is 4.74 Å². The molecule has 0 spiro atoms. The molecule has 0 aliphatic heterocycles. The molecule has 0 unspecified atom stereocenters. The van der Waals surface area contributed by atoms with E-state index in [2.05, 4.69) is 29.1 Å². The van der Waals surface area contributed by atoms with Gasteiger partial charge in [-0.2, -0.15) is 0 Å². The molecule has 2 rings (SSSR count). The maximum absolute atomic E-state index is 5.96. The molecular formula is C15H20ClN3O. The van der Waals surface area contributed by atoms with Gasteiger partial charge in [-0.3, -0.25) is 0 Å². The molecule has 1 heterocycles. The summed E-state index contributed by atoms with van der Waals surface area (Å²) in [5.74, 6) is 0.858. The Labute approximate surface area is 124 Å². The normalized spacial score (nSPS) is 11.2. The minimum absolute atomic E-state index is 0.304. The van der Waals surface area contributed by atoms with E-state index in [4.69, 9.17) is 16.3 Å². The Morgan fingerprint density at radius 3 is 2.90 bits per heavy atom. The second-order valence-corrected chi connectivity index (χ2v) is 5.37. The smallest absolute Gasteiger partial charge is 0.137 e. The fourth-order valence-electron chi connectivity index (χ4n) is 1.92. The van der Waals surface area contributed by atoms with Crippen LogP contribution >= 0.6 is 11.6 Å². The fourth-order valence-corrected chi connectivity index (χ4v) is 2.09. The first-order chi connectivity index (χ1) is 9.66. The maximum Gasteiger partial charge on any atom is 0.137 e. The van der Waals surface area contributed by atoms with Crippen molar-refractivity contribution >= 4 is 28.3 Å². The molecule has 0 bridgehead atoms. The molecule has 2 aromatic rings. The highest BCUT2D eigenvalue weighted by molar-refractivity contribution is 6.31. The number of halogens is 1. The Balaban J connectivity index is 1.87. The summed E-state index contributed by atoms with van der Waals surface area (Å²) in [6, 6.07) is 5.65. The summed E-state index contributed by atoms with van der Waals surface area (Å²) in [6.45, 7) is 5.78. The zero-order valence-corrected chi connectivity index (χ0v) is 12.7. The molecule has 0 saturated carbocycles. The number of hydrogen-bond acceptors (Lipinski definition) is 4. The van der Waals surface area contributed by atoms with Crippen molar-refractivity contribution in [3.63, 3.8) is 0 Å². The van der Waals surface area contributed by atoms with Crippen LogP contribution in [0.3, 0.4) is 0 Å². The molecule has 0 aliphatic carbocycles. The molecule has 5 heteroatoms. The van der Waals surface area contributed by atoms with Crippen LogP contribution in [0.1, 0.15) is 26.7 Å². The standard InChI is InChI=1S/C15H20ClN3O/c1-11(2)20-8-4-3-7-17-15-13-6-5-12(16)9-14(13)18-10-19-15/h5-6,9-11H,3-4,7-8H2,1-2H3,(H,17,18,19). The second kappa shape index (κ2) is 7.41. The van der Waals surface area contributed by atoms with Gasteiger partial charge in [-0.05, 0) is 44.9 Å². The minimum Gasteiger partial charge on any atom is -0.379 e. The third kappa shape index (κ3) is 4.32. The summed E-state index contributed by atoms with van der Waals surface area (Å²) in [5, 5.41) is 5.03. The number of nitrogens with one attached hydrogen (secondary N) is 1. The van der Waals surface area contributed by atoms with Gasteiger partial charge in [-0.25, -0.2) is 9.97 Å². The van der Waals surface area contributed by atoms with Crippen molar-refractivity contribution in [3.8, 4) is 0 Å². The Kier molecular flexibility index (Phi) is 5.56. The predicted molar refractivity (Wildman–Crippen MR) is 83.4 cm³/mol. The van der Waals surface area contributed by atoms with Gasteiger partial charge >= 0.3 is 0 Å². The Morgan fingerprint density at radius 2 is 2.10 bits per heavy atom. The lowest BCUT2D eigenvalue weighted by Crippen LogP contribution is -2.08. The van der Waals surface area contributed by atoms with Crippen molar-refractivity contribution < 1.29 is 4.74 Å². The summed E-state index contributed by atoms with van der Waals surface area (Å²) >= 11 is 5.96. The maximum atomic E-state index is 5.96. The third-order valence-corrected chi connectivity index (χ3v) is 3.15. The van der Waals surface area contributed by atoms with E-state index in [0.29, 0.717) is 11.1 Å². The van der Waals surface area contributed by atoms with Crippen molar-refractivity contribution in [2.24, 2.45) is 0 Å². The Morgan fingerprint density at radius 1 is 1.25 bits per heavy atom. The number of nitrogens with zero attached hydrogens (tertiary/aromatic N) is 2. The molecule has 0 saturated heterocycles. The van der Waals surface area contributed by atoms with E-state index < -0.39 is 0 Å². The number of benzene rings is 1. The molecule has 20 heavy (non-hydrogen) atoms. The molecule has 4 nitrogen and oxygen atoms in total. The number of unbranched alkanes of at least 4 members (excludes halogenated alkanes) is 1. The van der Waals surface area contributed by atoms with Crippen LogP contribution in [0.2, 0.25) is 5.02 Å². The molecule has 1 aromatic heterocycles. The van der Waals surface area contributed by atoms with Gasteiger partial charge in [0.25, 0.3) is 0 Å². The van der Waals surface area contributed by atoms with E-state index in [1.807, 2.05) is 18.2 Å². The highest BCUT2D eigenvalue weighted by atomic mass is 35.5. The number of hydrogen-bond donors (Lipinski definition) is 1. The van der Waals surface area contributed by atoms with Gasteiger partial charge in [0.15, 0.2) is 0 Å². The van der Waals surface area contributed by atoms with Gasteiger partial charge in [-0.15, -0.1) is 0 Å². The summed E-state index contributed by atoms with van der Waals surface area (Å²) in [4.78, 5) is 8.51. The van der Waals surface area contributed by atoms with Gasteiger partial charge in [0.05, 0.1) is 11.6 Å². The van der Waals surface area contributed by atoms with Gasteiger partial charge in [0.2, 0.25) is 0 Å². The molecule has 1 aromatic carbocycles. The number of rotatable bonds is 7. The SMILES string of the molecule is CC(C)OCCCCNc1ncnc2cc(Cl)ccc12. The monoisotopic (exact) mass is 293 g/mol. The van der Waals surface area contributed by atoms with Crippen LogP contribution in [0.4, 0.5) is 5.82 Å². The topological polar surface area (TPSA) is 47.0 Å². The number of ether oxygens (including phenoxy) is 1. The molecule has 0 atom stereocenters. The summed E-state index contributed by atoms with van der Waals surface area (Å²) in [5.41, 5.74) is 0.859. The van der Waals surface area contributed by atoms with Gasteiger partial charge in [0.1, 0.15) is 12.1 Å². The first-order valence-corrected chi connectivity index (χ1v) is 7.30. The van der Waals surface area contributed by atoms with E-state index in [1.54, 1.807) is 6.33 Å². The highest BCUT2D eigenvalue weighted by Crippen LogP contribution is 2.22. The zero-order chi connectivity index (χ0) is 14.4. The lowest BCUT2D eigenvalue weighted by atomic mass is 10.2. The average Bonchev–Trinajstić information content (AvgIpc) is 2.42. The van der Waals surface area contributed by atoms with E-state index in [0.717, 1.165) is 42.7 Å². The summed E-state index contributed by atoms with van der Waals surface area (Å²) in [6.07, 6.45) is 3.95. The first-order valence-electron chi connectivity index (χ1n) is 6.92. The largest absolute Gasteiger partial charge is 0.379 e. The minimum atomic E-state index is 0.304. The zero-order valence-electron chi connectivity index (χ0n) is 11.9. The molecular weight excluding hydrogens is 274 g/mol. The number of anilines is 1. The lowest BCUT2D eigenvalue weighted by molar-refractivity contribution is 0.0765. The van der Waals surface area contributed by atoms with E-state index in [1.165, 1.54) is 0 Å². The van der Waals surface area contributed by atoms with E-state index in [9.17, 15) is 0 Å². The molecule has 0 fully saturated rings. The van der Waals surface area contributed by atoms with Crippen LogP contribution in [0.15, 0.2) is 24.5 Å². The van der Waals surface area contributed by atoms with Crippen molar-refractivity contribution in [2.75, 3.05) is 18.5 Å². The van der Waals surface area contributed by atoms with Gasteiger partial charge in [-0.1, -0.05) is 11.6 Å². The van der Waals surface area contributed by atoms with Crippen LogP contribution in [-0.4, -0.2) is 29.2 Å². The average molecular weight is 294 g/mol. The third-order valence-electron chi connectivity index (χ3n) is 2.91. The van der Waals surface area contributed by atoms with Crippen LogP contribution in [0.25, 0.3) is 10.9 Å². The molecule has 1 N–H and O–H groups in total. The van der Waals surface area contributed by atoms with Crippen LogP contribution in [0, 0.1) is 0 Å². The molecule has 108 valence electrons. The molecule has 0 aliphatic rings. The van der Waals surface area contributed by atoms with E-state index in [-0.39, 0.29) is 0 Å². The van der Waals surface area contributed by atoms with Crippen molar-refractivity contribution in [3.05, 3.63) is 29.5 Å². The second-order valence-electron chi connectivity index (χ2n) is 4.94. The molecule has 0 radical (unpaired) electrons. The molecule has 0 amide bonds. The predicted octanol–water partition coefficient (Wildman–Crippen LogP) is 3.90. The number of aromatic nitrogens is 2. The fraction of sp³-hybridized carbons (Fsp3) is 0.467. The first kappa shape index (κ1) is 15.0. The van der Waals surface area contributed by atoms with Crippen molar-refractivity contribution in [2.45, 2.75) is 32.8 Å². The number of fused-ring (bicyclic) bond motifs is 1. The Hall–Kier alpha value is -1.39. The van der Waals surface area contributed by atoms with Crippen molar-refractivity contribution in [1.29, 1.82) is 0 Å². The van der Waals surface area contributed by atoms with Crippen LogP contribution < -0.4 is 5.32 Å². The summed E-state index contributed by atoms with van der Waals surface area (Å²) in [7, 11) is 0. The Bertz CT molecular complexity index is 560. The quantitative estimate of drug-likeness (QED) is 0.787.